The second-order valence-corrected chi connectivity index (χ2v) is 5.26. The van der Waals surface area contributed by atoms with Crippen LogP contribution in [0.25, 0.3) is 0 Å². The Morgan fingerprint density at radius 2 is 1.79 bits per heavy atom. The molecule has 1 heterocycles. The van der Waals surface area contributed by atoms with E-state index in [1.165, 1.54) is 0 Å². The largest absolute Gasteiger partial charge is 0.373 e. The van der Waals surface area contributed by atoms with Crippen molar-refractivity contribution in [2.24, 2.45) is 5.73 Å². The van der Waals surface area contributed by atoms with Crippen molar-refractivity contribution in [3.63, 3.8) is 0 Å². The summed E-state index contributed by atoms with van der Waals surface area (Å²) in [6.45, 7) is 11.6. The maximum absolute atomic E-state index is 5.96. The zero-order valence-electron chi connectivity index (χ0n) is 9.92. The third kappa shape index (κ3) is 4.40. The molecule has 0 saturated carbocycles. The lowest BCUT2D eigenvalue weighted by molar-refractivity contribution is -0.0689. The molecule has 0 bridgehead atoms. The van der Waals surface area contributed by atoms with Crippen LogP contribution in [-0.2, 0) is 4.74 Å². The van der Waals surface area contributed by atoms with E-state index in [0.29, 0.717) is 12.2 Å². The molecule has 0 aromatic heterocycles. The molecule has 1 fully saturated rings. The molecular weight excluding hydrogens is 176 g/mol. The Kier molecular flexibility index (Phi) is 3.93. The maximum Gasteiger partial charge on any atom is 0.0678 e. The van der Waals surface area contributed by atoms with Crippen molar-refractivity contribution >= 4 is 0 Å². The van der Waals surface area contributed by atoms with Gasteiger partial charge < -0.3 is 10.5 Å². The van der Waals surface area contributed by atoms with Crippen LogP contribution in [0.1, 0.15) is 34.1 Å². The molecule has 2 N–H and O–H groups in total. The topological polar surface area (TPSA) is 38.5 Å². The molecule has 84 valence electrons. The van der Waals surface area contributed by atoms with Crippen molar-refractivity contribution in [3.8, 4) is 0 Å². The SMILES string of the molecule is C[C@@H]1CN(CCC(C)(C)N)C[C@H](C)O1. The number of morpholine rings is 1. The van der Waals surface area contributed by atoms with E-state index in [4.69, 9.17) is 10.5 Å². The highest BCUT2D eigenvalue weighted by Gasteiger charge is 2.23. The van der Waals surface area contributed by atoms with Crippen molar-refractivity contribution in [2.75, 3.05) is 19.6 Å². The van der Waals surface area contributed by atoms with Gasteiger partial charge in [0.15, 0.2) is 0 Å². The Labute approximate surface area is 87.6 Å². The lowest BCUT2D eigenvalue weighted by Crippen LogP contribution is -2.47. The van der Waals surface area contributed by atoms with E-state index < -0.39 is 0 Å². The average Bonchev–Trinajstić information content (AvgIpc) is 1.97. The summed E-state index contributed by atoms with van der Waals surface area (Å²) in [5.41, 5.74) is 5.91. The van der Waals surface area contributed by atoms with Gasteiger partial charge in [-0.1, -0.05) is 0 Å². The highest BCUT2D eigenvalue weighted by molar-refractivity contribution is 4.78. The van der Waals surface area contributed by atoms with Crippen LogP contribution in [0, 0.1) is 0 Å². The normalized spacial score (nSPS) is 30.6. The van der Waals surface area contributed by atoms with Gasteiger partial charge in [0.05, 0.1) is 12.2 Å². The summed E-state index contributed by atoms with van der Waals surface area (Å²) in [6, 6.07) is 0. The zero-order valence-corrected chi connectivity index (χ0v) is 9.92. The van der Waals surface area contributed by atoms with Crippen molar-refractivity contribution in [3.05, 3.63) is 0 Å². The van der Waals surface area contributed by atoms with Crippen molar-refractivity contribution < 1.29 is 4.74 Å². The lowest BCUT2D eigenvalue weighted by Gasteiger charge is -2.36. The van der Waals surface area contributed by atoms with Crippen LogP contribution in [0.3, 0.4) is 0 Å². The monoisotopic (exact) mass is 200 g/mol. The Balaban J connectivity index is 2.30. The lowest BCUT2D eigenvalue weighted by atomic mass is 10.0. The van der Waals surface area contributed by atoms with Crippen LogP contribution in [0.5, 0.6) is 0 Å². The molecule has 0 aliphatic carbocycles. The highest BCUT2D eigenvalue weighted by Crippen LogP contribution is 2.13. The van der Waals surface area contributed by atoms with E-state index in [1.54, 1.807) is 0 Å². The van der Waals surface area contributed by atoms with Crippen molar-refractivity contribution in [1.82, 2.24) is 4.90 Å². The number of nitrogens with zero attached hydrogens (tertiary/aromatic N) is 1. The minimum Gasteiger partial charge on any atom is -0.373 e. The molecule has 2 atom stereocenters. The number of nitrogens with two attached hydrogens (primary N) is 1. The van der Waals surface area contributed by atoms with E-state index in [-0.39, 0.29) is 5.54 Å². The van der Waals surface area contributed by atoms with Crippen LogP contribution in [0.15, 0.2) is 0 Å². The molecule has 0 aromatic carbocycles. The fourth-order valence-electron chi connectivity index (χ4n) is 1.91. The number of rotatable bonds is 3. The van der Waals surface area contributed by atoms with Gasteiger partial charge in [0.25, 0.3) is 0 Å². The van der Waals surface area contributed by atoms with E-state index in [1.807, 2.05) is 0 Å². The fourth-order valence-corrected chi connectivity index (χ4v) is 1.91. The molecule has 0 amide bonds. The molecule has 3 heteroatoms. The van der Waals surface area contributed by atoms with Gasteiger partial charge in [-0.05, 0) is 34.1 Å². The number of hydrogen-bond acceptors (Lipinski definition) is 3. The summed E-state index contributed by atoms with van der Waals surface area (Å²) < 4.78 is 5.68. The van der Waals surface area contributed by atoms with Gasteiger partial charge in [0.1, 0.15) is 0 Å². The fraction of sp³-hybridized carbons (Fsp3) is 1.00. The van der Waals surface area contributed by atoms with E-state index >= 15 is 0 Å². The van der Waals surface area contributed by atoms with Gasteiger partial charge >= 0.3 is 0 Å². The van der Waals surface area contributed by atoms with Crippen molar-refractivity contribution in [2.45, 2.75) is 51.9 Å². The number of hydrogen-bond donors (Lipinski definition) is 1. The maximum atomic E-state index is 5.96. The molecule has 14 heavy (non-hydrogen) atoms. The van der Waals surface area contributed by atoms with Gasteiger partial charge in [-0.25, -0.2) is 0 Å². The molecule has 0 unspecified atom stereocenters. The first-order chi connectivity index (χ1) is 6.37. The molecule has 1 aliphatic rings. The summed E-state index contributed by atoms with van der Waals surface area (Å²) in [5, 5.41) is 0. The second kappa shape index (κ2) is 4.60. The van der Waals surface area contributed by atoms with Crippen LogP contribution in [0.2, 0.25) is 0 Å². The third-order valence-corrected chi connectivity index (χ3v) is 2.57. The van der Waals surface area contributed by atoms with E-state index in [2.05, 4.69) is 32.6 Å². The van der Waals surface area contributed by atoms with Gasteiger partial charge in [-0.15, -0.1) is 0 Å². The molecule has 1 aliphatic heterocycles. The number of ether oxygens (including phenoxy) is 1. The van der Waals surface area contributed by atoms with E-state index in [9.17, 15) is 0 Å². The molecule has 3 nitrogen and oxygen atoms in total. The smallest absolute Gasteiger partial charge is 0.0678 e. The summed E-state index contributed by atoms with van der Waals surface area (Å²) in [7, 11) is 0. The minimum atomic E-state index is -0.0508. The molecule has 1 rings (SSSR count). The first kappa shape index (κ1) is 12.0. The van der Waals surface area contributed by atoms with Crippen molar-refractivity contribution in [1.29, 1.82) is 0 Å². The van der Waals surface area contributed by atoms with Crippen LogP contribution >= 0.6 is 0 Å². The second-order valence-electron chi connectivity index (χ2n) is 5.26. The minimum absolute atomic E-state index is 0.0508. The molecule has 1 saturated heterocycles. The van der Waals surface area contributed by atoms with Crippen LogP contribution in [-0.4, -0.2) is 42.3 Å². The highest BCUT2D eigenvalue weighted by atomic mass is 16.5. The average molecular weight is 200 g/mol. The van der Waals surface area contributed by atoms with Gasteiger partial charge in [0, 0.05) is 25.2 Å². The van der Waals surface area contributed by atoms with Gasteiger partial charge in [-0.3, -0.25) is 4.90 Å². The quantitative estimate of drug-likeness (QED) is 0.744. The summed E-state index contributed by atoms with van der Waals surface area (Å²) in [5.74, 6) is 0. The predicted molar refractivity (Wildman–Crippen MR) is 59.3 cm³/mol. The molecule has 0 spiro atoms. The molecule has 0 aromatic rings. The first-order valence-corrected chi connectivity index (χ1v) is 5.53. The van der Waals surface area contributed by atoms with Crippen LogP contribution in [0.4, 0.5) is 0 Å². The summed E-state index contributed by atoms with van der Waals surface area (Å²) in [4.78, 5) is 2.45. The standard InChI is InChI=1S/C11H24N2O/c1-9-7-13(8-10(2)14-9)6-5-11(3,4)12/h9-10H,5-8,12H2,1-4H3/t9-,10+. The first-order valence-electron chi connectivity index (χ1n) is 5.53. The summed E-state index contributed by atoms with van der Waals surface area (Å²) in [6.07, 6.45) is 1.77. The Bertz CT molecular complexity index is 167. The molecular formula is C11H24N2O. The Hall–Kier alpha value is -0.120. The molecule has 0 radical (unpaired) electrons. The predicted octanol–water partition coefficient (Wildman–Crippen LogP) is 1.22. The van der Waals surface area contributed by atoms with Crippen LogP contribution < -0.4 is 5.73 Å². The van der Waals surface area contributed by atoms with Gasteiger partial charge in [0.2, 0.25) is 0 Å². The summed E-state index contributed by atoms with van der Waals surface area (Å²) >= 11 is 0. The Morgan fingerprint density at radius 3 is 2.21 bits per heavy atom. The zero-order chi connectivity index (χ0) is 10.8. The van der Waals surface area contributed by atoms with E-state index in [0.717, 1.165) is 26.1 Å². The third-order valence-electron chi connectivity index (χ3n) is 2.57. The van der Waals surface area contributed by atoms with Gasteiger partial charge in [-0.2, -0.15) is 0 Å². The Morgan fingerprint density at radius 1 is 1.29 bits per heavy atom.